The third-order valence-corrected chi connectivity index (χ3v) is 1.77. The topological polar surface area (TPSA) is 30.2 Å². The van der Waals surface area contributed by atoms with Crippen molar-refractivity contribution >= 4 is 17.4 Å². The van der Waals surface area contributed by atoms with Crippen LogP contribution >= 0.6 is 11.6 Å². The van der Waals surface area contributed by atoms with Crippen molar-refractivity contribution in [3.05, 3.63) is 35.3 Å². The van der Waals surface area contributed by atoms with E-state index in [4.69, 9.17) is 11.6 Å². The Kier molecular flexibility index (Phi) is 2.71. The molecule has 1 heterocycles. The van der Waals surface area contributed by atoms with Gasteiger partial charge in [-0.2, -0.15) is 13.2 Å². The van der Waals surface area contributed by atoms with Gasteiger partial charge >= 0.3 is 6.18 Å². The zero-order valence-electron chi connectivity index (χ0n) is 6.69. The summed E-state index contributed by atoms with van der Waals surface area (Å²) < 4.78 is 40.6. The first-order valence-corrected chi connectivity index (χ1v) is 3.75. The Morgan fingerprint density at radius 3 is 2.43 bits per heavy atom. The molecule has 0 aromatic carbocycles. The largest absolute Gasteiger partial charge is 0.452 e. The van der Waals surface area contributed by atoms with E-state index in [-0.39, 0.29) is 10.8 Å². The number of ketones is 1. The quantitative estimate of drug-likeness (QED) is 0.570. The predicted molar refractivity (Wildman–Crippen MR) is 43.2 cm³/mol. The number of hydrogen-bond acceptors (Lipinski definition) is 2. The van der Waals surface area contributed by atoms with Crippen LogP contribution in [0.1, 0.15) is 10.4 Å². The Morgan fingerprint density at radius 1 is 1.50 bits per heavy atom. The molecular weight excluding hydrogens is 221 g/mol. The Labute approximate surface area is 82.0 Å². The van der Waals surface area contributed by atoms with Gasteiger partial charge in [0.1, 0.15) is 0 Å². The summed E-state index contributed by atoms with van der Waals surface area (Å²) in [6.45, 7) is 2.65. The molecule has 0 amide bonds. The van der Waals surface area contributed by atoms with Crippen LogP contribution in [0.25, 0.3) is 0 Å². The molecule has 1 rings (SSSR count). The Morgan fingerprint density at radius 2 is 2.07 bits per heavy atom. The van der Waals surface area contributed by atoms with Gasteiger partial charge in [0.25, 0.3) is 0 Å². The Balaban J connectivity index is 2.99. The molecule has 0 bridgehead atoms. The molecule has 1 aromatic rings. The molecule has 0 aliphatic carbocycles. The molecule has 0 aliphatic rings. The fraction of sp³-hybridized carbons (Fsp3) is 0.125. The second-order valence-electron chi connectivity index (χ2n) is 2.41. The van der Waals surface area contributed by atoms with E-state index in [1.807, 2.05) is 0 Å². The van der Waals surface area contributed by atoms with Crippen molar-refractivity contribution in [2.24, 2.45) is 0 Å². The lowest BCUT2D eigenvalue weighted by Gasteiger charge is -2.07. The summed E-state index contributed by atoms with van der Waals surface area (Å²) in [7, 11) is 0. The zero-order chi connectivity index (χ0) is 10.9. The maximum Gasteiger partial charge on any atom is 0.419 e. The molecule has 0 saturated carbocycles. The molecule has 14 heavy (non-hydrogen) atoms. The number of carbonyl (C=O) groups is 1. The highest BCUT2D eigenvalue weighted by Gasteiger charge is 2.38. The average molecular weight is 225 g/mol. The monoisotopic (exact) mass is 224 g/mol. The van der Waals surface area contributed by atoms with Gasteiger partial charge in [-0.3, -0.25) is 4.79 Å². The molecule has 1 aromatic heterocycles. The van der Waals surface area contributed by atoms with E-state index >= 15 is 0 Å². The maximum absolute atomic E-state index is 12.0. The summed E-state index contributed by atoms with van der Waals surface area (Å²) in [5.41, 5.74) is -1.81. The molecule has 76 valence electrons. The SMILES string of the molecule is C=C(C(=O)c1ccoc1Cl)C(F)(F)F. The van der Waals surface area contributed by atoms with Crippen LogP contribution in [0, 0.1) is 0 Å². The molecule has 6 heteroatoms. The van der Waals surface area contributed by atoms with Gasteiger partial charge in [-0.1, -0.05) is 6.58 Å². The van der Waals surface area contributed by atoms with Crippen molar-refractivity contribution in [1.29, 1.82) is 0 Å². The smallest absolute Gasteiger partial charge is 0.419 e. The number of alkyl halides is 3. The summed E-state index contributed by atoms with van der Waals surface area (Å²) in [6, 6.07) is 1.06. The van der Waals surface area contributed by atoms with Crippen molar-refractivity contribution in [1.82, 2.24) is 0 Å². The normalized spacial score (nSPS) is 11.4. The van der Waals surface area contributed by atoms with Gasteiger partial charge in [0.05, 0.1) is 17.4 Å². The number of Topliss-reactive ketones (excluding diaryl/α,β-unsaturated/α-hetero) is 1. The second kappa shape index (κ2) is 3.49. The third-order valence-electron chi connectivity index (χ3n) is 1.48. The van der Waals surface area contributed by atoms with Crippen LogP contribution in [-0.4, -0.2) is 12.0 Å². The summed E-state index contributed by atoms with van der Waals surface area (Å²) in [6.07, 6.45) is -3.73. The molecule has 0 aliphatic heterocycles. The van der Waals surface area contributed by atoms with Gasteiger partial charge in [-0.25, -0.2) is 0 Å². The number of allylic oxidation sites excluding steroid dienone is 1. The average Bonchev–Trinajstić information content (AvgIpc) is 2.47. The van der Waals surface area contributed by atoms with Gasteiger partial charge in [-0.15, -0.1) is 0 Å². The van der Waals surface area contributed by atoms with E-state index in [2.05, 4.69) is 11.0 Å². The summed E-state index contributed by atoms with van der Waals surface area (Å²) in [5.74, 6) is -1.28. The molecule has 0 radical (unpaired) electrons. The standard InChI is InChI=1S/C8H4ClF3O2/c1-4(8(10,11)12)6(13)5-2-3-14-7(5)9/h2-3H,1H2. The van der Waals surface area contributed by atoms with Crippen molar-refractivity contribution in [3.63, 3.8) is 0 Å². The lowest BCUT2D eigenvalue weighted by atomic mass is 10.1. The van der Waals surface area contributed by atoms with Gasteiger partial charge in [0, 0.05) is 0 Å². The van der Waals surface area contributed by atoms with Crippen LogP contribution in [0.2, 0.25) is 5.22 Å². The van der Waals surface area contributed by atoms with Crippen molar-refractivity contribution < 1.29 is 22.4 Å². The van der Waals surface area contributed by atoms with Crippen LogP contribution in [0.5, 0.6) is 0 Å². The Hall–Kier alpha value is -1.23. The number of hydrogen-bond donors (Lipinski definition) is 0. The fourth-order valence-electron chi connectivity index (χ4n) is 0.747. The van der Waals surface area contributed by atoms with Gasteiger partial charge < -0.3 is 4.42 Å². The minimum absolute atomic E-state index is 0.339. The van der Waals surface area contributed by atoms with Crippen molar-refractivity contribution in [2.75, 3.05) is 0 Å². The third kappa shape index (κ3) is 1.98. The van der Waals surface area contributed by atoms with E-state index in [0.29, 0.717) is 0 Å². The van der Waals surface area contributed by atoms with Crippen molar-refractivity contribution in [2.45, 2.75) is 6.18 Å². The van der Waals surface area contributed by atoms with Crippen LogP contribution in [0.15, 0.2) is 28.9 Å². The predicted octanol–water partition coefficient (Wildman–Crippen LogP) is 3.23. The molecule has 0 N–H and O–H groups in total. The van der Waals surface area contributed by atoms with Crippen LogP contribution in [0.3, 0.4) is 0 Å². The zero-order valence-corrected chi connectivity index (χ0v) is 7.45. The molecule has 0 fully saturated rings. The second-order valence-corrected chi connectivity index (χ2v) is 2.76. The molecule has 0 spiro atoms. The highest BCUT2D eigenvalue weighted by atomic mass is 35.5. The van der Waals surface area contributed by atoms with Gasteiger partial charge in [0.2, 0.25) is 11.0 Å². The highest BCUT2D eigenvalue weighted by molar-refractivity contribution is 6.33. The number of rotatable bonds is 2. The van der Waals surface area contributed by atoms with Crippen LogP contribution < -0.4 is 0 Å². The van der Waals surface area contributed by atoms with E-state index in [0.717, 1.165) is 12.3 Å². The minimum Gasteiger partial charge on any atom is -0.452 e. The van der Waals surface area contributed by atoms with E-state index in [1.54, 1.807) is 0 Å². The van der Waals surface area contributed by atoms with E-state index in [9.17, 15) is 18.0 Å². The van der Waals surface area contributed by atoms with Gasteiger partial charge in [0.15, 0.2) is 0 Å². The first kappa shape index (κ1) is 10.8. The molecule has 0 unspecified atom stereocenters. The van der Waals surface area contributed by atoms with Crippen molar-refractivity contribution in [3.8, 4) is 0 Å². The summed E-state index contributed by atoms with van der Waals surface area (Å²) in [5, 5.41) is -0.375. The van der Waals surface area contributed by atoms with Crippen LogP contribution in [0.4, 0.5) is 13.2 Å². The van der Waals surface area contributed by atoms with Gasteiger partial charge in [-0.05, 0) is 17.7 Å². The lowest BCUT2D eigenvalue weighted by molar-refractivity contribution is -0.0883. The molecule has 2 nitrogen and oxygen atoms in total. The number of furan rings is 1. The minimum atomic E-state index is -4.75. The maximum atomic E-state index is 12.0. The molecular formula is C8H4ClF3O2. The first-order valence-electron chi connectivity index (χ1n) is 3.38. The summed E-state index contributed by atoms with van der Waals surface area (Å²) >= 11 is 5.33. The molecule has 0 atom stereocenters. The number of carbonyl (C=O) groups excluding carboxylic acids is 1. The summed E-state index contributed by atoms with van der Waals surface area (Å²) in [4.78, 5) is 11.1. The van der Waals surface area contributed by atoms with E-state index in [1.165, 1.54) is 0 Å². The first-order chi connectivity index (χ1) is 6.34. The van der Waals surface area contributed by atoms with E-state index < -0.39 is 17.5 Å². The Bertz CT molecular complexity index is 378. The lowest BCUT2D eigenvalue weighted by Crippen LogP contribution is -2.18. The van der Waals surface area contributed by atoms with Crippen LogP contribution in [-0.2, 0) is 0 Å². The highest BCUT2D eigenvalue weighted by Crippen LogP contribution is 2.29. The fourth-order valence-corrected chi connectivity index (χ4v) is 0.947. The molecule has 0 saturated heterocycles. The number of halogens is 4.